The molecule has 1 aliphatic carbocycles. The van der Waals surface area contributed by atoms with Crippen molar-refractivity contribution in [1.29, 1.82) is 0 Å². The number of esters is 1. The Labute approximate surface area is 262 Å². The van der Waals surface area contributed by atoms with Gasteiger partial charge in [0, 0.05) is 59.5 Å². The fourth-order valence-electron chi connectivity index (χ4n) is 5.93. The zero-order valence-electron chi connectivity index (χ0n) is 27.4. The van der Waals surface area contributed by atoms with E-state index in [9.17, 15) is 9.59 Å². The second-order valence-electron chi connectivity index (χ2n) is 15.1. The Bertz CT molecular complexity index is 1510. The highest BCUT2D eigenvalue weighted by molar-refractivity contribution is 6.76. The zero-order chi connectivity index (χ0) is 31.7. The van der Waals surface area contributed by atoms with Gasteiger partial charge < -0.3 is 23.5 Å². The van der Waals surface area contributed by atoms with E-state index in [4.69, 9.17) is 23.5 Å². The molecule has 1 saturated carbocycles. The summed E-state index contributed by atoms with van der Waals surface area (Å²) in [6, 6.07) is 10.3. The fraction of sp³-hybridized carbons (Fsp3) is 0.656. The molecule has 1 aromatic carbocycles. The standard InChI is InChI=1S/C32H49N3O7Si2/c1-32(30-33-42-31(37)34(30)21-39-14-16-43(2,3)4)20-28(32)35-26-9-8-24(23-10-12-38-13-11-23)18-25(26)19-27(35)29(36)41-22-40-15-17-44(5,6)7/h8-9,18-19,23,28H,10-17,20-22H2,1-7H3/t28-,32-/m0/s1. The lowest BCUT2D eigenvalue weighted by molar-refractivity contribution is -0.0283. The Morgan fingerprint density at radius 2 is 1.70 bits per heavy atom. The van der Waals surface area contributed by atoms with Crippen LogP contribution < -0.4 is 5.76 Å². The molecule has 5 rings (SSSR count). The smallest absolute Gasteiger partial charge is 0.434 e. The van der Waals surface area contributed by atoms with Gasteiger partial charge in [-0.05, 0) is 61.0 Å². The van der Waals surface area contributed by atoms with Crippen molar-refractivity contribution in [3.05, 3.63) is 51.9 Å². The van der Waals surface area contributed by atoms with E-state index >= 15 is 0 Å². The van der Waals surface area contributed by atoms with Gasteiger partial charge in [0.1, 0.15) is 12.4 Å². The second-order valence-corrected chi connectivity index (χ2v) is 26.3. The number of aromatic nitrogens is 3. The van der Waals surface area contributed by atoms with Gasteiger partial charge in [0.05, 0.1) is 5.41 Å². The number of carbonyl (C=O) groups excluding carboxylic acids is 1. The lowest BCUT2D eigenvalue weighted by Crippen LogP contribution is -2.26. The van der Waals surface area contributed by atoms with Crippen LogP contribution >= 0.6 is 0 Å². The van der Waals surface area contributed by atoms with Gasteiger partial charge in [0.25, 0.3) is 0 Å². The van der Waals surface area contributed by atoms with E-state index in [1.807, 2.05) is 6.07 Å². The van der Waals surface area contributed by atoms with Crippen LogP contribution in [0.3, 0.4) is 0 Å². The molecule has 1 saturated heterocycles. The summed E-state index contributed by atoms with van der Waals surface area (Å²) in [4.78, 5) is 26.2. The Kier molecular flexibility index (Phi) is 9.76. The average molecular weight is 644 g/mol. The van der Waals surface area contributed by atoms with Gasteiger partial charge in [-0.15, -0.1) is 0 Å². The van der Waals surface area contributed by atoms with Crippen molar-refractivity contribution >= 4 is 33.0 Å². The Morgan fingerprint density at radius 1 is 1.02 bits per heavy atom. The molecule has 10 nitrogen and oxygen atoms in total. The van der Waals surface area contributed by atoms with Crippen LogP contribution in [0.5, 0.6) is 0 Å². The Balaban J connectivity index is 1.40. The van der Waals surface area contributed by atoms with Gasteiger partial charge in [-0.1, -0.05) is 57.4 Å². The van der Waals surface area contributed by atoms with E-state index in [1.54, 1.807) is 0 Å². The Hall–Kier alpha value is -2.52. The zero-order valence-corrected chi connectivity index (χ0v) is 29.4. The summed E-state index contributed by atoms with van der Waals surface area (Å²) in [6.07, 6.45) is 2.66. The monoisotopic (exact) mass is 643 g/mol. The minimum Gasteiger partial charge on any atom is -0.434 e. The molecule has 0 spiro atoms. The van der Waals surface area contributed by atoms with Gasteiger partial charge in [-0.3, -0.25) is 4.52 Å². The van der Waals surface area contributed by atoms with Crippen molar-refractivity contribution in [2.24, 2.45) is 0 Å². The first-order valence-electron chi connectivity index (χ1n) is 15.9. The van der Waals surface area contributed by atoms with E-state index < -0.39 is 33.3 Å². The van der Waals surface area contributed by atoms with E-state index in [-0.39, 0.29) is 19.6 Å². The predicted octanol–water partition coefficient (Wildman–Crippen LogP) is 6.37. The van der Waals surface area contributed by atoms with E-state index in [2.05, 4.69) is 74.1 Å². The third kappa shape index (κ3) is 7.64. The molecule has 1 aliphatic heterocycles. The van der Waals surface area contributed by atoms with Crippen LogP contribution in [0.2, 0.25) is 51.4 Å². The van der Waals surface area contributed by atoms with Gasteiger partial charge in [0.15, 0.2) is 12.6 Å². The molecule has 0 N–H and O–H groups in total. The quantitative estimate of drug-likeness (QED) is 0.0864. The summed E-state index contributed by atoms with van der Waals surface area (Å²) in [5, 5.41) is 5.19. The summed E-state index contributed by atoms with van der Waals surface area (Å²) in [7, 11) is -2.52. The first kappa shape index (κ1) is 32.9. The molecule has 44 heavy (non-hydrogen) atoms. The molecular weight excluding hydrogens is 595 g/mol. The highest BCUT2D eigenvalue weighted by Crippen LogP contribution is 2.58. The highest BCUT2D eigenvalue weighted by atomic mass is 28.3. The number of rotatable bonds is 14. The van der Waals surface area contributed by atoms with Crippen LogP contribution in [-0.4, -0.2) is 69.6 Å². The van der Waals surface area contributed by atoms with Gasteiger partial charge in [-0.2, -0.15) is 0 Å². The van der Waals surface area contributed by atoms with Crippen molar-refractivity contribution in [3.63, 3.8) is 0 Å². The normalized spacial score (nSPS) is 21.2. The number of hydrogen-bond donors (Lipinski definition) is 0. The number of hydrogen-bond acceptors (Lipinski definition) is 8. The minimum atomic E-state index is -1.27. The maximum absolute atomic E-state index is 13.6. The van der Waals surface area contributed by atoms with Crippen molar-refractivity contribution < 1.29 is 28.3 Å². The van der Waals surface area contributed by atoms with Crippen LogP contribution in [0.1, 0.15) is 60.0 Å². The average Bonchev–Trinajstić information content (AvgIpc) is 3.29. The molecule has 242 valence electrons. The lowest BCUT2D eigenvalue weighted by Gasteiger charge is -2.22. The summed E-state index contributed by atoms with van der Waals surface area (Å²) in [6.45, 7) is 18.5. The largest absolute Gasteiger partial charge is 0.443 e. The fourth-order valence-corrected chi connectivity index (χ4v) is 7.44. The van der Waals surface area contributed by atoms with Crippen LogP contribution in [0.25, 0.3) is 10.9 Å². The first-order valence-corrected chi connectivity index (χ1v) is 23.3. The molecule has 0 radical (unpaired) electrons. The number of carbonyl (C=O) groups is 1. The van der Waals surface area contributed by atoms with Crippen LogP contribution in [0, 0.1) is 0 Å². The first-order chi connectivity index (χ1) is 20.8. The maximum Gasteiger partial charge on any atom is 0.443 e. The maximum atomic E-state index is 13.6. The third-order valence-corrected chi connectivity index (χ3v) is 12.4. The van der Waals surface area contributed by atoms with Crippen molar-refractivity contribution in [3.8, 4) is 0 Å². The minimum absolute atomic E-state index is 0.0856. The van der Waals surface area contributed by atoms with Crippen LogP contribution in [0.15, 0.2) is 33.6 Å². The second kappa shape index (κ2) is 13.1. The third-order valence-electron chi connectivity index (χ3n) is 8.95. The summed E-state index contributed by atoms with van der Waals surface area (Å²) >= 11 is 0. The SMILES string of the molecule is C[C@]1(c2noc(=O)n2COCC[Si](C)(C)C)C[C@@H]1n1c(C(=O)OCOCC[Si](C)(C)C)cc2cc(C3CCOCC3)ccc21. The number of fused-ring (bicyclic) bond motifs is 1. The van der Waals surface area contributed by atoms with E-state index in [0.717, 1.165) is 49.0 Å². The molecule has 2 fully saturated rings. The van der Waals surface area contributed by atoms with Crippen molar-refractivity contribution in [2.75, 3.05) is 33.2 Å². The summed E-state index contributed by atoms with van der Waals surface area (Å²) in [5.74, 6) is 0.00953. The molecule has 2 aliphatic rings. The molecule has 3 aromatic rings. The molecule has 0 unspecified atom stereocenters. The summed E-state index contributed by atoms with van der Waals surface area (Å²) in [5.41, 5.74) is 2.15. The molecule has 12 heteroatoms. The Morgan fingerprint density at radius 3 is 2.39 bits per heavy atom. The lowest BCUT2D eigenvalue weighted by atomic mass is 9.91. The molecule has 0 amide bonds. The predicted molar refractivity (Wildman–Crippen MR) is 175 cm³/mol. The van der Waals surface area contributed by atoms with E-state index in [0.29, 0.717) is 37.1 Å². The summed E-state index contributed by atoms with van der Waals surface area (Å²) < 4.78 is 31.5. The molecule has 2 atom stereocenters. The number of nitrogens with zero attached hydrogens (tertiary/aromatic N) is 3. The van der Waals surface area contributed by atoms with Crippen LogP contribution in [-0.2, 0) is 31.1 Å². The van der Waals surface area contributed by atoms with E-state index in [1.165, 1.54) is 10.1 Å². The number of ether oxygens (including phenoxy) is 4. The number of benzene rings is 1. The van der Waals surface area contributed by atoms with Gasteiger partial charge in [0.2, 0.25) is 0 Å². The van der Waals surface area contributed by atoms with Crippen LogP contribution in [0.4, 0.5) is 0 Å². The van der Waals surface area contributed by atoms with Gasteiger partial charge >= 0.3 is 11.7 Å². The molecule has 0 bridgehead atoms. The van der Waals surface area contributed by atoms with Crippen molar-refractivity contribution in [2.45, 2.75) is 102 Å². The molecule has 2 aromatic heterocycles. The highest BCUT2D eigenvalue weighted by Gasteiger charge is 2.58. The van der Waals surface area contributed by atoms with Gasteiger partial charge in [-0.25, -0.2) is 14.2 Å². The van der Waals surface area contributed by atoms with Crippen molar-refractivity contribution in [1.82, 2.24) is 14.3 Å². The molecular formula is C32H49N3O7Si2. The topological polar surface area (TPSA) is 107 Å². The molecule has 3 heterocycles.